The number of nitriles is 1. The molecule has 3 nitrogen and oxygen atoms in total. The number of hydrogen-bond acceptors (Lipinski definition) is 3. The number of nitrogens with zero attached hydrogens (tertiary/aromatic N) is 1. The van der Waals surface area contributed by atoms with Crippen molar-refractivity contribution in [2.24, 2.45) is 0 Å². The quantitative estimate of drug-likeness (QED) is 0.720. The Kier molecular flexibility index (Phi) is 2.54. The second-order valence-corrected chi connectivity index (χ2v) is 4.99. The number of H-pyrrole nitrogens is 1. The van der Waals surface area contributed by atoms with Gasteiger partial charge in [-0.25, -0.2) is 0 Å². The molecule has 0 aliphatic rings. The summed E-state index contributed by atoms with van der Waals surface area (Å²) in [5.74, 6) is 0. The van der Waals surface area contributed by atoms with Gasteiger partial charge in [0.15, 0.2) is 0 Å². The van der Waals surface area contributed by atoms with Crippen LogP contribution in [-0.2, 0) is 0 Å². The molecule has 4 heteroatoms. The smallest absolute Gasteiger partial charge is 0.128 e. The molecule has 0 atom stereocenters. The number of anilines is 2. The molecule has 0 spiro atoms. The number of aryl methyl sites for hydroxylation is 1. The van der Waals surface area contributed by atoms with Gasteiger partial charge >= 0.3 is 0 Å². The Hall–Kier alpha value is -2.25. The van der Waals surface area contributed by atoms with E-state index in [0.29, 0.717) is 4.88 Å². The minimum Gasteiger partial charge on any atom is -0.361 e. The zero-order chi connectivity index (χ0) is 12.5. The number of aromatic nitrogens is 1. The van der Waals surface area contributed by atoms with E-state index < -0.39 is 0 Å². The van der Waals surface area contributed by atoms with E-state index in [9.17, 15) is 0 Å². The Morgan fingerprint density at radius 1 is 1.22 bits per heavy atom. The normalized spacial score (nSPS) is 10.4. The molecule has 0 bridgehead atoms. The molecule has 0 amide bonds. The number of fused-ring (bicyclic) bond motifs is 1. The molecule has 0 aliphatic heterocycles. The summed E-state index contributed by atoms with van der Waals surface area (Å²) in [4.78, 5) is 3.90. The third-order valence-electron chi connectivity index (χ3n) is 3.04. The van der Waals surface area contributed by atoms with Crippen molar-refractivity contribution >= 4 is 33.6 Å². The summed E-state index contributed by atoms with van der Waals surface area (Å²) in [5, 5.41) is 15.5. The van der Waals surface area contributed by atoms with Gasteiger partial charge in [0.25, 0.3) is 0 Å². The van der Waals surface area contributed by atoms with E-state index in [0.717, 1.165) is 16.9 Å². The van der Waals surface area contributed by atoms with Crippen LogP contribution >= 0.6 is 11.3 Å². The first-order valence-corrected chi connectivity index (χ1v) is 6.49. The summed E-state index contributed by atoms with van der Waals surface area (Å²) in [5.41, 5.74) is 4.23. The predicted molar refractivity (Wildman–Crippen MR) is 75.4 cm³/mol. The van der Waals surface area contributed by atoms with Crippen LogP contribution in [0.5, 0.6) is 0 Å². The van der Waals surface area contributed by atoms with Crippen molar-refractivity contribution in [1.82, 2.24) is 4.98 Å². The first-order chi connectivity index (χ1) is 8.79. The van der Waals surface area contributed by atoms with Gasteiger partial charge in [-0.15, -0.1) is 11.3 Å². The van der Waals surface area contributed by atoms with Crippen molar-refractivity contribution in [2.75, 3.05) is 5.32 Å². The largest absolute Gasteiger partial charge is 0.361 e. The topological polar surface area (TPSA) is 51.6 Å². The van der Waals surface area contributed by atoms with Crippen molar-refractivity contribution < 1.29 is 0 Å². The highest BCUT2D eigenvalue weighted by Crippen LogP contribution is 2.30. The van der Waals surface area contributed by atoms with Gasteiger partial charge in [-0.2, -0.15) is 5.26 Å². The van der Waals surface area contributed by atoms with Gasteiger partial charge in [-0.05, 0) is 42.1 Å². The van der Waals surface area contributed by atoms with Crippen LogP contribution in [0.25, 0.3) is 10.9 Å². The molecule has 88 valence electrons. The standard InChI is InChI=1S/C14H11N3S/c1-9-10-4-6-16-12(10)3-2-11(9)17-13-5-7-18-14(13)8-15/h2-7,16-17H,1H3. The molecule has 3 aromatic rings. The highest BCUT2D eigenvalue weighted by atomic mass is 32.1. The molecule has 0 fully saturated rings. The zero-order valence-corrected chi connectivity index (χ0v) is 10.6. The highest BCUT2D eigenvalue weighted by molar-refractivity contribution is 7.11. The van der Waals surface area contributed by atoms with Crippen molar-refractivity contribution in [3.05, 3.63) is 46.3 Å². The van der Waals surface area contributed by atoms with Crippen molar-refractivity contribution in [3.8, 4) is 6.07 Å². The minimum absolute atomic E-state index is 0.712. The van der Waals surface area contributed by atoms with Gasteiger partial charge in [-0.1, -0.05) is 0 Å². The van der Waals surface area contributed by atoms with E-state index in [4.69, 9.17) is 5.26 Å². The van der Waals surface area contributed by atoms with Crippen LogP contribution in [0.3, 0.4) is 0 Å². The van der Waals surface area contributed by atoms with E-state index in [1.54, 1.807) is 0 Å². The molecule has 2 aromatic heterocycles. The fourth-order valence-corrected chi connectivity index (χ4v) is 2.70. The van der Waals surface area contributed by atoms with E-state index in [1.807, 2.05) is 29.8 Å². The fourth-order valence-electron chi connectivity index (χ4n) is 2.06. The maximum absolute atomic E-state index is 9.01. The summed E-state index contributed by atoms with van der Waals surface area (Å²) in [6, 6.07) is 10.3. The lowest BCUT2D eigenvalue weighted by Gasteiger charge is -2.09. The summed E-state index contributed by atoms with van der Waals surface area (Å²) in [6.45, 7) is 2.08. The van der Waals surface area contributed by atoms with Crippen LogP contribution in [0.1, 0.15) is 10.4 Å². The molecule has 0 radical (unpaired) electrons. The van der Waals surface area contributed by atoms with E-state index in [-0.39, 0.29) is 0 Å². The molecule has 0 saturated heterocycles. The zero-order valence-electron chi connectivity index (χ0n) is 9.82. The molecule has 2 N–H and O–H groups in total. The first-order valence-electron chi connectivity index (χ1n) is 5.61. The van der Waals surface area contributed by atoms with Gasteiger partial charge in [-0.3, -0.25) is 0 Å². The SMILES string of the molecule is Cc1c(Nc2ccsc2C#N)ccc2[nH]ccc12. The Morgan fingerprint density at radius 2 is 2.11 bits per heavy atom. The highest BCUT2D eigenvalue weighted by Gasteiger charge is 2.07. The van der Waals surface area contributed by atoms with Crippen LogP contribution in [0.15, 0.2) is 35.8 Å². The van der Waals surface area contributed by atoms with Crippen LogP contribution in [0.2, 0.25) is 0 Å². The van der Waals surface area contributed by atoms with Gasteiger partial charge < -0.3 is 10.3 Å². The average molecular weight is 253 g/mol. The van der Waals surface area contributed by atoms with Crippen molar-refractivity contribution in [2.45, 2.75) is 6.92 Å². The van der Waals surface area contributed by atoms with Crippen molar-refractivity contribution in [3.63, 3.8) is 0 Å². The molecular formula is C14H11N3S. The van der Waals surface area contributed by atoms with Crippen LogP contribution in [-0.4, -0.2) is 4.98 Å². The Morgan fingerprint density at radius 3 is 2.94 bits per heavy atom. The lowest BCUT2D eigenvalue weighted by molar-refractivity contribution is 1.45. The van der Waals surface area contributed by atoms with E-state index >= 15 is 0 Å². The van der Waals surface area contributed by atoms with Crippen LogP contribution in [0.4, 0.5) is 11.4 Å². The number of thiophene rings is 1. The lowest BCUT2D eigenvalue weighted by atomic mass is 10.1. The van der Waals surface area contributed by atoms with Gasteiger partial charge in [0, 0.05) is 22.8 Å². The summed E-state index contributed by atoms with van der Waals surface area (Å²) < 4.78 is 0. The molecule has 2 heterocycles. The molecular weight excluding hydrogens is 242 g/mol. The molecule has 0 saturated carbocycles. The number of rotatable bonds is 2. The van der Waals surface area contributed by atoms with Crippen molar-refractivity contribution in [1.29, 1.82) is 5.26 Å². The summed E-state index contributed by atoms with van der Waals surface area (Å²) >= 11 is 1.45. The maximum Gasteiger partial charge on any atom is 0.128 e. The van der Waals surface area contributed by atoms with Gasteiger partial charge in [0.05, 0.1) is 5.69 Å². The molecule has 3 rings (SSSR count). The summed E-state index contributed by atoms with van der Waals surface area (Å²) in [7, 11) is 0. The molecule has 18 heavy (non-hydrogen) atoms. The Balaban J connectivity index is 2.05. The summed E-state index contributed by atoms with van der Waals surface area (Å²) in [6.07, 6.45) is 1.94. The second kappa shape index (κ2) is 4.21. The van der Waals surface area contributed by atoms with Gasteiger partial charge in [0.2, 0.25) is 0 Å². The Labute approximate surface area is 109 Å². The lowest BCUT2D eigenvalue weighted by Crippen LogP contribution is -1.93. The fraction of sp³-hybridized carbons (Fsp3) is 0.0714. The maximum atomic E-state index is 9.01. The monoisotopic (exact) mass is 253 g/mol. The molecule has 1 aromatic carbocycles. The third kappa shape index (κ3) is 1.66. The predicted octanol–water partition coefficient (Wildman–Crippen LogP) is 4.15. The number of nitrogens with one attached hydrogen (secondary N) is 2. The third-order valence-corrected chi connectivity index (χ3v) is 3.86. The number of hydrogen-bond donors (Lipinski definition) is 2. The molecule has 0 unspecified atom stereocenters. The first kappa shape index (κ1) is 10.9. The number of aromatic amines is 1. The second-order valence-electron chi connectivity index (χ2n) is 4.08. The molecule has 0 aliphatic carbocycles. The number of benzene rings is 1. The minimum atomic E-state index is 0.712. The Bertz CT molecular complexity index is 746. The van der Waals surface area contributed by atoms with E-state index in [2.05, 4.69) is 29.4 Å². The van der Waals surface area contributed by atoms with E-state index in [1.165, 1.54) is 22.3 Å². The average Bonchev–Trinajstić information content (AvgIpc) is 3.01. The van der Waals surface area contributed by atoms with Crippen LogP contribution in [0, 0.1) is 18.3 Å². The van der Waals surface area contributed by atoms with Gasteiger partial charge in [0.1, 0.15) is 10.9 Å². The van der Waals surface area contributed by atoms with Crippen LogP contribution < -0.4 is 5.32 Å².